The fourth-order valence-electron chi connectivity index (χ4n) is 1.67. The van der Waals surface area contributed by atoms with E-state index in [0.29, 0.717) is 5.56 Å². The first-order chi connectivity index (χ1) is 8.39. The van der Waals surface area contributed by atoms with Crippen molar-refractivity contribution in [1.82, 2.24) is 0 Å². The average Bonchev–Trinajstić information content (AvgIpc) is 2.25. The molecule has 0 bridgehead atoms. The molecule has 1 nitrogen and oxygen atoms in total. The third-order valence-electron chi connectivity index (χ3n) is 3.85. The lowest BCUT2D eigenvalue weighted by Gasteiger charge is -2.40. The lowest BCUT2D eigenvalue weighted by atomic mass is 9.65. The van der Waals surface area contributed by atoms with Crippen LogP contribution in [0, 0.1) is 5.41 Å². The van der Waals surface area contributed by atoms with Crippen molar-refractivity contribution < 1.29 is 17.4 Å². The van der Waals surface area contributed by atoms with E-state index < -0.39 is 21.7 Å². The molecule has 19 heavy (non-hydrogen) atoms. The second kappa shape index (κ2) is 4.93. The Labute approximate surface area is 114 Å². The summed E-state index contributed by atoms with van der Waals surface area (Å²) in [6, 6.07) is 6.09. The predicted octanol–water partition coefficient (Wildman–Crippen LogP) is 4.64. The van der Waals surface area contributed by atoms with Gasteiger partial charge in [0.05, 0.1) is 4.90 Å². The number of halogens is 3. The van der Waals surface area contributed by atoms with E-state index in [2.05, 4.69) is 0 Å². The number of hydrogen-bond acceptors (Lipinski definition) is 1. The van der Waals surface area contributed by atoms with E-state index in [-0.39, 0.29) is 10.3 Å². The maximum atomic E-state index is 12.7. The Balaban J connectivity index is 3.44. The largest absolute Gasteiger partial charge is 0.475 e. The van der Waals surface area contributed by atoms with Gasteiger partial charge in [0.25, 0.3) is 0 Å². The molecule has 1 aromatic rings. The Bertz CT molecular complexity index is 484. The Morgan fingerprint density at radius 3 is 1.84 bits per heavy atom. The summed E-state index contributed by atoms with van der Waals surface area (Å²) >= 11 is 0. The van der Waals surface area contributed by atoms with Gasteiger partial charge in [0.1, 0.15) is 0 Å². The molecule has 0 fully saturated rings. The van der Waals surface area contributed by atoms with Crippen LogP contribution in [0.1, 0.15) is 40.2 Å². The van der Waals surface area contributed by atoms with Crippen molar-refractivity contribution in [2.45, 2.75) is 50.4 Å². The van der Waals surface area contributed by atoms with Crippen molar-refractivity contribution in [2.24, 2.45) is 5.41 Å². The highest BCUT2D eigenvalue weighted by atomic mass is 32.2. The second-order valence-electron chi connectivity index (χ2n) is 6.09. The molecule has 0 saturated heterocycles. The van der Waals surface area contributed by atoms with E-state index in [4.69, 9.17) is 0 Å². The van der Waals surface area contributed by atoms with Crippen LogP contribution in [0.3, 0.4) is 0 Å². The topological polar surface area (TPSA) is 17.1 Å². The fraction of sp³-hybridized carbons (Fsp3) is 0.571. The van der Waals surface area contributed by atoms with Gasteiger partial charge in [-0.1, -0.05) is 52.8 Å². The molecule has 1 rings (SSSR count). The first kappa shape index (κ1) is 16.2. The fourth-order valence-corrected chi connectivity index (χ4v) is 2.65. The Morgan fingerprint density at radius 1 is 0.947 bits per heavy atom. The van der Waals surface area contributed by atoms with Crippen LogP contribution in [0.4, 0.5) is 13.2 Å². The molecule has 0 spiro atoms. The molecule has 1 aromatic carbocycles. The van der Waals surface area contributed by atoms with Gasteiger partial charge in [0, 0.05) is 0 Å². The Kier molecular flexibility index (Phi) is 4.20. The molecule has 0 N–H and O–H groups in total. The van der Waals surface area contributed by atoms with Crippen molar-refractivity contribution in [2.75, 3.05) is 0 Å². The van der Waals surface area contributed by atoms with E-state index in [0.717, 1.165) is 0 Å². The van der Waals surface area contributed by atoms with Gasteiger partial charge in [-0.3, -0.25) is 0 Å². The van der Waals surface area contributed by atoms with Gasteiger partial charge in [0.15, 0.2) is 10.8 Å². The van der Waals surface area contributed by atoms with Crippen LogP contribution in [0.25, 0.3) is 0 Å². The first-order valence-electron chi connectivity index (χ1n) is 5.97. The second-order valence-corrected chi connectivity index (χ2v) is 7.53. The maximum Gasteiger partial charge on any atom is 0.475 e. The molecule has 0 aliphatic heterocycles. The monoisotopic (exact) mass is 292 g/mol. The summed E-state index contributed by atoms with van der Waals surface area (Å²) in [5, 5.41) is 0. The van der Waals surface area contributed by atoms with Gasteiger partial charge in [-0.15, -0.1) is 0 Å². The van der Waals surface area contributed by atoms with Crippen LogP contribution in [-0.2, 0) is 16.2 Å². The highest BCUT2D eigenvalue weighted by Crippen LogP contribution is 2.44. The van der Waals surface area contributed by atoms with Crippen molar-refractivity contribution in [3.05, 3.63) is 29.8 Å². The molecule has 5 heteroatoms. The van der Waals surface area contributed by atoms with Crippen LogP contribution < -0.4 is 0 Å². The lowest BCUT2D eigenvalue weighted by molar-refractivity contribution is -0.0385. The summed E-state index contributed by atoms with van der Waals surface area (Å²) in [4.78, 5) is -0.144. The summed E-state index contributed by atoms with van der Waals surface area (Å²) in [6.45, 7) is 9.62. The predicted molar refractivity (Wildman–Crippen MR) is 71.4 cm³/mol. The van der Waals surface area contributed by atoms with E-state index in [1.165, 1.54) is 12.1 Å². The zero-order valence-corrected chi connectivity index (χ0v) is 12.6. The van der Waals surface area contributed by atoms with Gasteiger partial charge < -0.3 is 0 Å². The molecular formula is C14H19F3OS. The van der Waals surface area contributed by atoms with Crippen LogP contribution in [0.5, 0.6) is 0 Å². The summed E-state index contributed by atoms with van der Waals surface area (Å²) in [5.74, 6) is 0. The zero-order valence-electron chi connectivity index (χ0n) is 11.8. The summed E-state index contributed by atoms with van der Waals surface area (Å²) in [6.07, 6.45) is 0. The van der Waals surface area contributed by atoms with Crippen molar-refractivity contribution in [1.29, 1.82) is 0 Å². The van der Waals surface area contributed by atoms with E-state index in [1.807, 2.05) is 34.6 Å². The minimum Gasteiger partial charge on any atom is -0.245 e. The number of alkyl halides is 3. The van der Waals surface area contributed by atoms with Crippen molar-refractivity contribution >= 4 is 10.8 Å². The first-order valence-corrected chi connectivity index (χ1v) is 7.12. The Morgan fingerprint density at radius 2 is 1.42 bits per heavy atom. The van der Waals surface area contributed by atoms with Gasteiger partial charge >= 0.3 is 5.51 Å². The molecule has 0 aromatic heterocycles. The van der Waals surface area contributed by atoms with Gasteiger partial charge in [-0.05, 0) is 22.5 Å². The highest BCUT2D eigenvalue weighted by molar-refractivity contribution is 7.86. The average molecular weight is 292 g/mol. The van der Waals surface area contributed by atoms with E-state index >= 15 is 0 Å². The van der Waals surface area contributed by atoms with E-state index in [1.54, 1.807) is 12.1 Å². The Hall–Kier alpha value is -0.840. The molecule has 0 radical (unpaired) electrons. The zero-order chi connectivity index (χ0) is 15.1. The third kappa shape index (κ3) is 3.19. The molecule has 1 atom stereocenters. The smallest absolute Gasteiger partial charge is 0.245 e. The molecule has 0 heterocycles. The molecule has 0 aliphatic rings. The SMILES string of the molecule is CC(C)(C)C(C)(C)c1ccccc1S(=O)C(F)(F)F. The van der Waals surface area contributed by atoms with Gasteiger partial charge in [0.2, 0.25) is 0 Å². The van der Waals surface area contributed by atoms with Gasteiger partial charge in [-0.2, -0.15) is 13.2 Å². The molecular weight excluding hydrogens is 273 g/mol. The molecule has 108 valence electrons. The number of hydrogen-bond donors (Lipinski definition) is 0. The van der Waals surface area contributed by atoms with Gasteiger partial charge in [-0.25, -0.2) is 4.21 Å². The standard InChI is InChI=1S/C14H19F3OS/c1-12(2,3)13(4,5)10-8-6-7-9-11(10)19(18)14(15,16)17/h6-9H,1-5H3. The van der Waals surface area contributed by atoms with Crippen molar-refractivity contribution in [3.8, 4) is 0 Å². The van der Waals surface area contributed by atoms with E-state index in [9.17, 15) is 17.4 Å². The van der Waals surface area contributed by atoms with Crippen LogP contribution in [-0.4, -0.2) is 9.72 Å². The highest BCUT2D eigenvalue weighted by Gasteiger charge is 2.43. The molecule has 1 unspecified atom stereocenters. The lowest BCUT2D eigenvalue weighted by Crippen LogP contribution is -2.35. The van der Waals surface area contributed by atoms with Crippen LogP contribution >= 0.6 is 0 Å². The summed E-state index contributed by atoms with van der Waals surface area (Å²) in [7, 11) is -2.99. The molecule has 0 saturated carbocycles. The quantitative estimate of drug-likeness (QED) is 0.776. The molecule has 0 aliphatic carbocycles. The van der Waals surface area contributed by atoms with Crippen LogP contribution in [0.15, 0.2) is 29.2 Å². The minimum absolute atomic E-state index is 0.144. The number of benzene rings is 1. The third-order valence-corrected chi connectivity index (χ3v) is 5.02. The summed E-state index contributed by atoms with van der Waals surface area (Å²) in [5.41, 5.74) is -5.02. The minimum atomic E-state index is -4.73. The maximum absolute atomic E-state index is 12.7. The van der Waals surface area contributed by atoms with Crippen LogP contribution in [0.2, 0.25) is 0 Å². The van der Waals surface area contributed by atoms with Crippen molar-refractivity contribution in [3.63, 3.8) is 0 Å². The normalized spacial score (nSPS) is 15.4. The summed E-state index contributed by atoms with van der Waals surface area (Å²) < 4.78 is 49.7. The number of rotatable bonds is 2. The molecule has 0 amide bonds.